The number of nitrogens with zero attached hydrogens (tertiary/aromatic N) is 4. The lowest BCUT2D eigenvalue weighted by Crippen LogP contribution is -2.09. The highest BCUT2D eigenvalue weighted by Gasteiger charge is 2.13. The number of pyridine rings is 1. The quantitative estimate of drug-likeness (QED) is 0.740. The summed E-state index contributed by atoms with van der Waals surface area (Å²) in [6, 6.07) is 9.99. The van der Waals surface area contributed by atoms with Crippen molar-refractivity contribution in [2.45, 2.75) is 0 Å². The van der Waals surface area contributed by atoms with Gasteiger partial charge in [-0.2, -0.15) is 4.98 Å². The fraction of sp³-hybridized carbons (Fsp3) is 0.133. The Bertz CT molecular complexity index is 752. The van der Waals surface area contributed by atoms with Gasteiger partial charge in [-0.1, -0.05) is 17.3 Å². The molecule has 3 rings (SSSR count). The Morgan fingerprint density at radius 2 is 1.90 bits per heavy atom. The van der Waals surface area contributed by atoms with Crippen LogP contribution in [0.4, 0.5) is 10.2 Å². The third-order valence-electron chi connectivity index (χ3n) is 2.99. The van der Waals surface area contributed by atoms with E-state index < -0.39 is 0 Å². The van der Waals surface area contributed by atoms with Crippen LogP contribution in [0.25, 0.3) is 22.8 Å². The van der Waals surface area contributed by atoms with Crippen LogP contribution in [0.5, 0.6) is 0 Å². The lowest BCUT2D eigenvalue weighted by Gasteiger charge is -2.10. The molecule has 0 unspecified atom stereocenters. The zero-order valence-corrected chi connectivity index (χ0v) is 11.6. The average Bonchev–Trinajstić information content (AvgIpc) is 2.97. The number of halogens is 1. The third kappa shape index (κ3) is 2.60. The summed E-state index contributed by atoms with van der Waals surface area (Å²) in [7, 11) is 3.82. The fourth-order valence-electron chi connectivity index (χ4n) is 1.87. The molecule has 21 heavy (non-hydrogen) atoms. The van der Waals surface area contributed by atoms with Gasteiger partial charge in [0.1, 0.15) is 11.6 Å². The molecule has 0 radical (unpaired) electrons. The molecule has 0 saturated heterocycles. The van der Waals surface area contributed by atoms with E-state index in [2.05, 4.69) is 15.1 Å². The minimum Gasteiger partial charge on any atom is -0.363 e. The van der Waals surface area contributed by atoms with Crippen LogP contribution in [0.1, 0.15) is 0 Å². The molecule has 2 heterocycles. The second kappa shape index (κ2) is 5.32. The summed E-state index contributed by atoms with van der Waals surface area (Å²) in [5.41, 5.74) is 1.00. The van der Waals surface area contributed by atoms with Crippen molar-refractivity contribution in [2.24, 2.45) is 0 Å². The number of hydrogen-bond donors (Lipinski definition) is 0. The first-order valence-corrected chi connectivity index (χ1v) is 6.37. The number of rotatable bonds is 3. The molecule has 3 aromatic rings. The summed E-state index contributed by atoms with van der Waals surface area (Å²) in [6.07, 6.45) is 1.65. The van der Waals surface area contributed by atoms with E-state index in [1.807, 2.05) is 31.1 Å². The van der Waals surface area contributed by atoms with Gasteiger partial charge in [-0.3, -0.25) is 0 Å². The average molecular weight is 284 g/mol. The lowest BCUT2D eigenvalue weighted by molar-refractivity contribution is 0.431. The fourth-order valence-corrected chi connectivity index (χ4v) is 1.87. The summed E-state index contributed by atoms with van der Waals surface area (Å²) in [4.78, 5) is 10.4. The molecule has 1 aromatic carbocycles. The molecule has 5 nitrogen and oxygen atoms in total. The van der Waals surface area contributed by atoms with Crippen LogP contribution in [-0.2, 0) is 0 Å². The maximum absolute atomic E-state index is 13.7. The van der Waals surface area contributed by atoms with Crippen LogP contribution in [-0.4, -0.2) is 29.2 Å². The van der Waals surface area contributed by atoms with E-state index in [4.69, 9.17) is 4.52 Å². The van der Waals surface area contributed by atoms with Gasteiger partial charge in [0, 0.05) is 20.3 Å². The number of benzene rings is 1. The van der Waals surface area contributed by atoms with Gasteiger partial charge >= 0.3 is 0 Å². The summed E-state index contributed by atoms with van der Waals surface area (Å²) >= 11 is 0. The van der Waals surface area contributed by atoms with Crippen LogP contribution >= 0.6 is 0 Å². The van der Waals surface area contributed by atoms with Gasteiger partial charge in [-0.05, 0) is 24.3 Å². The van der Waals surface area contributed by atoms with Crippen molar-refractivity contribution in [1.29, 1.82) is 0 Å². The monoisotopic (exact) mass is 284 g/mol. The number of hydrogen-bond acceptors (Lipinski definition) is 5. The largest absolute Gasteiger partial charge is 0.363 e. The third-order valence-corrected chi connectivity index (χ3v) is 2.99. The first-order chi connectivity index (χ1) is 10.1. The van der Waals surface area contributed by atoms with E-state index >= 15 is 0 Å². The summed E-state index contributed by atoms with van der Waals surface area (Å²) in [5.74, 6) is 0.976. The highest BCUT2D eigenvalue weighted by molar-refractivity contribution is 5.60. The Hall–Kier alpha value is -2.76. The zero-order chi connectivity index (χ0) is 14.8. The first kappa shape index (κ1) is 13.2. The molecule has 2 aromatic heterocycles. The topological polar surface area (TPSA) is 55.1 Å². The molecule has 0 spiro atoms. The Labute approximate surface area is 121 Å². The van der Waals surface area contributed by atoms with Crippen LogP contribution < -0.4 is 4.90 Å². The molecule has 0 bridgehead atoms. The Morgan fingerprint density at radius 3 is 2.57 bits per heavy atom. The van der Waals surface area contributed by atoms with Gasteiger partial charge in [0.05, 0.1) is 11.1 Å². The van der Waals surface area contributed by atoms with Crippen molar-refractivity contribution in [1.82, 2.24) is 15.1 Å². The molecular weight excluding hydrogens is 271 g/mol. The standard InChI is InChI=1S/C15H13FN4O/c1-20(2)13-8-7-10(9-17-13)15-18-14(19-21-15)11-5-3-4-6-12(11)16/h3-9H,1-2H3. The van der Waals surface area contributed by atoms with Crippen molar-refractivity contribution in [3.63, 3.8) is 0 Å². The maximum Gasteiger partial charge on any atom is 0.259 e. The first-order valence-electron chi connectivity index (χ1n) is 6.37. The molecule has 106 valence electrons. The molecular formula is C15H13FN4O. The summed E-state index contributed by atoms with van der Waals surface area (Å²) in [5, 5.41) is 3.82. The minimum absolute atomic E-state index is 0.222. The molecule has 0 atom stereocenters. The molecule has 0 saturated carbocycles. The van der Waals surface area contributed by atoms with Crippen LogP contribution in [0.3, 0.4) is 0 Å². The van der Waals surface area contributed by atoms with E-state index in [-0.39, 0.29) is 11.6 Å². The van der Waals surface area contributed by atoms with E-state index in [0.29, 0.717) is 17.0 Å². The van der Waals surface area contributed by atoms with Gasteiger partial charge < -0.3 is 9.42 Å². The molecule has 0 fully saturated rings. The predicted octanol–water partition coefficient (Wildman–Crippen LogP) is 3.00. The second-order valence-corrected chi connectivity index (χ2v) is 4.70. The Kier molecular flexibility index (Phi) is 3.35. The van der Waals surface area contributed by atoms with E-state index in [9.17, 15) is 4.39 Å². The lowest BCUT2D eigenvalue weighted by atomic mass is 10.2. The summed E-state index contributed by atoms with van der Waals surface area (Å²) < 4.78 is 18.9. The van der Waals surface area contributed by atoms with Crippen molar-refractivity contribution in [3.05, 3.63) is 48.4 Å². The van der Waals surface area contributed by atoms with E-state index in [1.165, 1.54) is 6.07 Å². The molecule has 0 amide bonds. The van der Waals surface area contributed by atoms with Crippen LogP contribution in [0, 0.1) is 5.82 Å². The van der Waals surface area contributed by atoms with Gasteiger partial charge in [-0.15, -0.1) is 0 Å². The maximum atomic E-state index is 13.7. The van der Waals surface area contributed by atoms with Crippen molar-refractivity contribution < 1.29 is 8.91 Å². The second-order valence-electron chi connectivity index (χ2n) is 4.70. The van der Waals surface area contributed by atoms with Gasteiger partial charge in [0.15, 0.2) is 0 Å². The van der Waals surface area contributed by atoms with Crippen LogP contribution in [0.15, 0.2) is 47.1 Å². The van der Waals surface area contributed by atoms with Gasteiger partial charge in [-0.25, -0.2) is 9.37 Å². The highest BCUT2D eigenvalue weighted by atomic mass is 19.1. The Balaban J connectivity index is 1.93. The highest BCUT2D eigenvalue weighted by Crippen LogP contribution is 2.24. The van der Waals surface area contributed by atoms with E-state index in [1.54, 1.807) is 24.4 Å². The zero-order valence-electron chi connectivity index (χ0n) is 11.6. The van der Waals surface area contributed by atoms with Crippen LogP contribution in [0.2, 0.25) is 0 Å². The molecule has 0 aliphatic heterocycles. The number of aromatic nitrogens is 3. The normalized spacial score (nSPS) is 10.6. The number of anilines is 1. The van der Waals surface area contributed by atoms with Crippen molar-refractivity contribution >= 4 is 5.82 Å². The molecule has 0 aliphatic carbocycles. The van der Waals surface area contributed by atoms with Crippen molar-refractivity contribution in [2.75, 3.05) is 19.0 Å². The summed E-state index contributed by atoms with van der Waals surface area (Å²) in [6.45, 7) is 0. The minimum atomic E-state index is -0.383. The molecule has 0 N–H and O–H groups in total. The van der Waals surface area contributed by atoms with E-state index in [0.717, 1.165) is 5.82 Å². The van der Waals surface area contributed by atoms with Gasteiger partial charge in [0.2, 0.25) is 5.82 Å². The smallest absolute Gasteiger partial charge is 0.259 e. The predicted molar refractivity (Wildman–Crippen MR) is 77.3 cm³/mol. The Morgan fingerprint density at radius 1 is 1.10 bits per heavy atom. The molecule has 0 aliphatic rings. The van der Waals surface area contributed by atoms with Crippen molar-refractivity contribution in [3.8, 4) is 22.8 Å². The van der Waals surface area contributed by atoms with Gasteiger partial charge in [0.25, 0.3) is 5.89 Å². The molecule has 6 heteroatoms. The SMILES string of the molecule is CN(C)c1ccc(-c2nc(-c3ccccc3F)no2)cn1.